The van der Waals surface area contributed by atoms with E-state index in [0.717, 1.165) is 30.8 Å². The molecule has 1 aliphatic rings. The van der Waals surface area contributed by atoms with E-state index in [0.29, 0.717) is 18.0 Å². The van der Waals surface area contributed by atoms with Crippen LogP contribution in [0.2, 0.25) is 0 Å². The molecule has 0 N–H and O–H groups in total. The van der Waals surface area contributed by atoms with E-state index in [4.69, 9.17) is 0 Å². The summed E-state index contributed by atoms with van der Waals surface area (Å²) in [7, 11) is -3.40. The average molecular weight is 345 g/mol. The molecule has 1 saturated heterocycles. The van der Waals surface area contributed by atoms with Crippen molar-refractivity contribution < 1.29 is 8.42 Å². The number of nitrogens with zero attached hydrogens (tertiary/aromatic N) is 3. The second-order valence-electron chi connectivity index (χ2n) is 6.28. The summed E-state index contributed by atoms with van der Waals surface area (Å²) in [6, 6.07) is 9.35. The average Bonchev–Trinajstić information content (AvgIpc) is 2.58. The van der Waals surface area contributed by atoms with Gasteiger partial charge in [-0.2, -0.15) is 4.31 Å². The highest BCUT2D eigenvalue weighted by Gasteiger charge is 2.28. The summed E-state index contributed by atoms with van der Waals surface area (Å²) in [5.74, 6) is 0. The third-order valence-electron chi connectivity index (χ3n) is 4.60. The number of sulfonamides is 1. The second kappa shape index (κ2) is 7.01. The summed E-state index contributed by atoms with van der Waals surface area (Å²) >= 11 is 0. The van der Waals surface area contributed by atoms with E-state index < -0.39 is 10.0 Å². The number of rotatable bonds is 4. The van der Waals surface area contributed by atoms with E-state index in [-0.39, 0.29) is 0 Å². The quantitative estimate of drug-likeness (QED) is 0.852. The maximum Gasteiger partial charge on any atom is 0.243 e. The molecule has 0 unspecified atom stereocenters. The molecule has 3 rings (SSSR count). The van der Waals surface area contributed by atoms with Crippen molar-refractivity contribution in [2.75, 3.05) is 26.2 Å². The fraction of sp³-hybridized carbons (Fsp3) is 0.389. The lowest BCUT2D eigenvalue weighted by molar-refractivity contribution is 0.181. The van der Waals surface area contributed by atoms with Gasteiger partial charge < -0.3 is 0 Å². The van der Waals surface area contributed by atoms with E-state index in [1.165, 1.54) is 5.56 Å². The maximum absolute atomic E-state index is 12.8. The van der Waals surface area contributed by atoms with Crippen LogP contribution in [-0.2, 0) is 16.6 Å². The monoisotopic (exact) mass is 345 g/mol. The third kappa shape index (κ3) is 3.66. The Bertz CT molecular complexity index is 798. The predicted octanol–water partition coefficient (Wildman–Crippen LogP) is 2.20. The molecule has 2 aromatic rings. The Labute approximate surface area is 144 Å². The molecule has 1 fully saturated rings. The van der Waals surface area contributed by atoms with Crippen LogP contribution in [0.3, 0.4) is 0 Å². The lowest BCUT2D eigenvalue weighted by atomic mass is 10.1. The van der Waals surface area contributed by atoms with Gasteiger partial charge in [-0.15, -0.1) is 0 Å². The van der Waals surface area contributed by atoms with Crippen molar-refractivity contribution in [3.8, 4) is 0 Å². The molecule has 0 amide bonds. The summed E-state index contributed by atoms with van der Waals surface area (Å²) in [6.07, 6.45) is 3.57. The van der Waals surface area contributed by atoms with Crippen molar-refractivity contribution in [3.63, 3.8) is 0 Å². The van der Waals surface area contributed by atoms with Crippen LogP contribution in [0.15, 0.2) is 47.6 Å². The Balaban J connectivity index is 1.66. The van der Waals surface area contributed by atoms with Crippen molar-refractivity contribution in [2.24, 2.45) is 0 Å². The first-order valence-electron chi connectivity index (χ1n) is 8.15. The van der Waals surface area contributed by atoms with Gasteiger partial charge in [-0.1, -0.05) is 6.07 Å². The largest absolute Gasteiger partial charge is 0.296 e. The van der Waals surface area contributed by atoms with Gasteiger partial charge in [-0.25, -0.2) is 8.42 Å². The van der Waals surface area contributed by atoms with Gasteiger partial charge in [0.1, 0.15) is 0 Å². The van der Waals surface area contributed by atoms with Crippen LogP contribution in [0, 0.1) is 13.8 Å². The van der Waals surface area contributed by atoms with Crippen LogP contribution in [0.25, 0.3) is 0 Å². The van der Waals surface area contributed by atoms with E-state index in [1.54, 1.807) is 28.8 Å². The first-order chi connectivity index (χ1) is 11.5. The molecule has 0 saturated carbocycles. The van der Waals surface area contributed by atoms with Gasteiger partial charge in [0, 0.05) is 45.1 Å². The van der Waals surface area contributed by atoms with E-state index in [9.17, 15) is 8.42 Å². The number of benzene rings is 1. The minimum atomic E-state index is -3.40. The standard InChI is InChI=1S/C18H23N3O2S/c1-15-3-4-18(13-16(15)2)24(22,23)21-11-9-20(10-12-21)14-17-5-7-19-8-6-17/h3-8,13H,9-12,14H2,1-2H3. The Kier molecular flexibility index (Phi) is 4.99. The zero-order valence-corrected chi connectivity index (χ0v) is 15.0. The van der Waals surface area contributed by atoms with Crippen LogP contribution in [0.4, 0.5) is 0 Å². The van der Waals surface area contributed by atoms with Crippen molar-refractivity contribution in [1.29, 1.82) is 0 Å². The fourth-order valence-electron chi connectivity index (χ4n) is 2.90. The molecule has 6 heteroatoms. The highest BCUT2D eigenvalue weighted by Crippen LogP contribution is 2.21. The summed E-state index contributed by atoms with van der Waals surface area (Å²) in [5, 5.41) is 0. The zero-order valence-electron chi connectivity index (χ0n) is 14.1. The Morgan fingerprint density at radius 3 is 2.25 bits per heavy atom. The van der Waals surface area contributed by atoms with Crippen LogP contribution in [0.1, 0.15) is 16.7 Å². The van der Waals surface area contributed by atoms with Gasteiger partial charge >= 0.3 is 0 Å². The smallest absolute Gasteiger partial charge is 0.243 e. The summed E-state index contributed by atoms with van der Waals surface area (Å²) in [6.45, 7) is 7.31. The zero-order chi connectivity index (χ0) is 17.2. The first-order valence-corrected chi connectivity index (χ1v) is 9.59. The number of hydrogen-bond donors (Lipinski definition) is 0. The molecule has 24 heavy (non-hydrogen) atoms. The molecule has 0 aliphatic carbocycles. The van der Waals surface area contributed by atoms with Gasteiger partial charge in [0.2, 0.25) is 10.0 Å². The van der Waals surface area contributed by atoms with E-state index >= 15 is 0 Å². The Hall–Kier alpha value is -1.76. The fourth-order valence-corrected chi connectivity index (χ4v) is 4.41. The van der Waals surface area contributed by atoms with Crippen molar-refractivity contribution in [3.05, 3.63) is 59.4 Å². The van der Waals surface area contributed by atoms with Crippen LogP contribution in [0.5, 0.6) is 0 Å². The lowest BCUT2D eigenvalue weighted by Crippen LogP contribution is -2.48. The molecule has 0 spiro atoms. The molecule has 1 aliphatic heterocycles. The Morgan fingerprint density at radius 2 is 1.62 bits per heavy atom. The van der Waals surface area contributed by atoms with Crippen LogP contribution < -0.4 is 0 Å². The van der Waals surface area contributed by atoms with Crippen molar-refractivity contribution in [2.45, 2.75) is 25.3 Å². The maximum atomic E-state index is 12.8. The number of aryl methyl sites for hydroxylation is 2. The van der Waals surface area contributed by atoms with E-state index in [1.807, 2.05) is 32.0 Å². The SMILES string of the molecule is Cc1ccc(S(=O)(=O)N2CCN(Cc3ccncc3)CC2)cc1C. The van der Waals surface area contributed by atoms with Gasteiger partial charge in [0.05, 0.1) is 4.90 Å². The molecule has 0 radical (unpaired) electrons. The molecule has 1 aromatic heterocycles. The van der Waals surface area contributed by atoms with Gasteiger partial charge in [-0.3, -0.25) is 9.88 Å². The second-order valence-corrected chi connectivity index (χ2v) is 8.22. The van der Waals surface area contributed by atoms with Gasteiger partial charge in [0.15, 0.2) is 0 Å². The number of hydrogen-bond acceptors (Lipinski definition) is 4. The molecule has 1 aromatic carbocycles. The molecule has 5 nitrogen and oxygen atoms in total. The third-order valence-corrected chi connectivity index (χ3v) is 6.50. The topological polar surface area (TPSA) is 53.5 Å². The van der Waals surface area contributed by atoms with Crippen molar-refractivity contribution >= 4 is 10.0 Å². The minimum absolute atomic E-state index is 0.396. The molecule has 2 heterocycles. The lowest BCUT2D eigenvalue weighted by Gasteiger charge is -2.34. The highest BCUT2D eigenvalue weighted by atomic mass is 32.2. The molecular weight excluding hydrogens is 322 g/mol. The molecule has 0 atom stereocenters. The summed E-state index contributed by atoms with van der Waals surface area (Å²) in [5.41, 5.74) is 3.32. The van der Waals surface area contributed by atoms with Crippen LogP contribution >= 0.6 is 0 Å². The molecule has 128 valence electrons. The highest BCUT2D eigenvalue weighted by molar-refractivity contribution is 7.89. The predicted molar refractivity (Wildman–Crippen MR) is 94.2 cm³/mol. The number of piperazine rings is 1. The van der Waals surface area contributed by atoms with Gasteiger partial charge in [0.25, 0.3) is 0 Å². The van der Waals surface area contributed by atoms with E-state index in [2.05, 4.69) is 9.88 Å². The Morgan fingerprint density at radius 1 is 0.958 bits per heavy atom. The molecule has 0 bridgehead atoms. The van der Waals surface area contributed by atoms with Crippen molar-refractivity contribution in [1.82, 2.24) is 14.2 Å². The number of pyridine rings is 1. The normalized spacial score (nSPS) is 17.1. The van der Waals surface area contributed by atoms with Gasteiger partial charge in [-0.05, 0) is 54.8 Å². The number of aromatic nitrogens is 1. The minimum Gasteiger partial charge on any atom is -0.296 e. The summed E-state index contributed by atoms with van der Waals surface area (Å²) < 4.78 is 27.2. The first kappa shape index (κ1) is 17.1. The van der Waals surface area contributed by atoms with Crippen LogP contribution in [-0.4, -0.2) is 48.8 Å². The molecular formula is C18H23N3O2S. The summed E-state index contributed by atoms with van der Waals surface area (Å²) in [4.78, 5) is 6.70.